The summed E-state index contributed by atoms with van der Waals surface area (Å²) < 4.78 is 0. The van der Waals surface area contributed by atoms with Gasteiger partial charge in [0.25, 0.3) is 0 Å². The predicted molar refractivity (Wildman–Crippen MR) is 97.1 cm³/mol. The molecule has 0 aliphatic heterocycles. The number of aliphatic imine (C=N–C) groups is 1. The van der Waals surface area contributed by atoms with Crippen LogP contribution < -0.4 is 0 Å². The van der Waals surface area contributed by atoms with Crippen molar-refractivity contribution in [3.63, 3.8) is 0 Å². The third-order valence-electron chi connectivity index (χ3n) is 0.254. The van der Waals surface area contributed by atoms with E-state index < -0.39 is 0 Å². The monoisotopic (exact) mass is 263 g/mol. The van der Waals surface area contributed by atoms with Crippen LogP contribution in [0.4, 0.5) is 0 Å². The number of hydrogen-bond donors (Lipinski definition) is 0. The average molecular weight is 264 g/mol. The van der Waals surface area contributed by atoms with Crippen molar-refractivity contribution in [2.24, 2.45) is 4.99 Å². The van der Waals surface area contributed by atoms with E-state index in [2.05, 4.69) is 25.4 Å². The Morgan fingerprint density at radius 2 is 0.889 bits per heavy atom. The third-order valence-corrected chi connectivity index (χ3v) is 0.254. The summed E-state index contributed by atoms with van der Waals surface area (Å²) in [6, 6.07) is 0. The lowest BCUT2D eigenvalue weighted by atomic mass is 10.6. The highest BCUT2D eigenvalue weighted by Crippen LogP contribution is 1.57. The summed E-state index contributed by atoms with van der Waals surface area (Å²) >= 11 is 0. The van der Waals surface area contributed by atoms with Gasteiger partial charge in [-0.1, -0.05) is 96.1 Å². The Morgan fingerprint density at radius 1 is 0.722 bits per heavy atom. The molecule has 0 saturated heterocycles. The van der Waals surface area contributed by atoms with E-state index in [0.29, 0.717) is 0 Å². The van der Waals surface area contributed by atoms with Crippen molar-refractivity contribution in [1.82, 2.24) is 0 Å². The molecule has 0 radical (unpaired) electrons. The molecule has 0 rings (SSSR count). The lowest BCUT2D eigenvalue weighted by molar-refractivity contribution is 1.09. The fourth-order valence-corrected chi connectivity index (χ4v) is 0.105. The smallest absolute Gasteiger partial charge is 0.0191 e. The summed E-state index contributed by atoms with van der Waals surface area (Å²) in [6.07, 6.45) is 4.44. The van der Waals surface area contributed by atoms with Crippen LogP contribution in [0.3, 0.4) is 0 Å². The number of hydrogen-bond acceptors (Lipinski definition) is 1. The lowest BCUT2D eigenvalue weighted by Gasteiger charge is -1.58. The first-order valence-electron chi connectivity index (χ1n) is 7.92. The van der Waals surface area contributed by atoms with Crippen LogP contribution in [0.5, 0.6) is 0 Å². The standard InChI is InChI=1S/C4H7N.C3H8.5C2H6/c1-3-5-4-2;1-3-2;5*1-2/h3-4H,1H2,2H3;3H2,1-2H3;5*1-2H3. The van der Waals surface area contributed by atoms with Crippen LogP contribution in [-0.2, 0) is 0 Å². The zero-order valence-corrected chi connectivity index (χ0v) is 16.0. The van der Waals surface area contributed by atoms with Crippen molar-refractivity contribution < 1.29 is 0 Å². The Morgan fingerprint density at radius 3 is 0.889 bits per heavy atom. The topological polar surface area (TPSA) is 12.4 Å². The largest absolute Gasteiger partial charge is 0.270 e. The van der Waals surface area contributed by atoms with Gasteiger partial charge in [-0.15, -0.1) is 0 Å². The maximum Gasteiger partial charge on any atom is 0.0191 e. The molecule has 0 bridgehead atoms. The van der Waals surface area contributed by atoms with Crippen molar-refractivity contribution in [2.75, 3.05) is 0 Å². The maximum absolute atomic E-state index is 3.61. The van der Waals surface area contributed by atoms with Gasteiger partial charge in [0.1, 0.15) is 0 Å². The fourth-order valence-electron chi connectivity index (χ4n) is 0.105. The van der Waals surface area contributed by atoms with Crippen LogP contribution in [0, 0.1) is 0 Å². The van der Waals surface area contributed by atoms with Crippen LogP contribution in [-0.4, -0.2) is 6.21 Å². The van der Waals surface area contributed by atoms with Gasteiger partial charge in [-0.25, -0.2) is 0 Å². The van der Waals surface area contributed by atoms with Gasteiger partial charge in [0.05, 0.1) is 0 Å². The van der Waals surface area contributed by atoms with Gasteiger partial charge in [-0.2, -0.15) is 0 Å². The minimum atomic E-state index is 1.25. The third kappa shape index (κ3) is 1610. The van der Waals surface area contributed by atoms with Crippen molar-refractivity contribution in [3.8, 4) is 0 Å². The van der Waals surface area contributed by atoms with E-state index in [1.807, 2.05) is 76.2 Å². The summed E-state index contributed by atoms with van der Waals surface area (Å²) in [5.74, 6) is 0. The molecule has 0 aliphatic rings. The summed E-state index contributed by atoms with van der Waals surface area (Å²) in [5.41, 5.74) is 0. The highest BCUT2D eigenvalue weighted by molar-refractivity contribution is 5.53. The fraction of sp³-hybridized carbons (Fsp3) is 0.824. The normalized spacial score (nSPS) is 5.17. The zero-order chi connectivity index (χ0) is 16.8. The molecule has 0 unspecified atom stereocenters. The Balaban J connectivity index is -0.0000000166. The molecule has 0 aromatic heterocycles. The van der Waals surface area contributed by atoms with Gasteiger partial charge in [-0.05, 0) is 6.92 Å². The number of nitrogens with zero attached hydrogens (tertiary/aromatic N) is 1. The second kappa shape index (κ2) is 335. The molecule has 0 aromatic rings. The quantitative estimate of drug-likeness (QED) is 0.428. The summed E-state index contributed by atoms with van der Waals surface area (Å²) in [6.45, 7) is 29.5. The highest BCUT2D eigenvalue weighted by atomic mass is 14.6. The van der Waals surface area contributed by atoms with E-state index in [0.717, 1.165) is 0 Å². The maximum atomic E-state index is 3.61. The SMILES string of the molecule is C=CN=CC.CC.CC.CC.CC.CC.CCC. The molecule has 0 fully saturated rings. The van der Waals surface area contributed by atoms with Crippen molar-refractivity contribution in [2.45, 2.75) is 96.4 Å². The first-order valence-corrected chi connectivity index (χ1v) is 7.92. The molecule has 18 heavy (non-hydrogen) atoms. The Labute approximate surface area is 121 Å². The van der Waals surface area contributed by atoms with E-state index in [4.69, 9.17) is 0 Å². The van der Waals surface area contributed by atoms with Crippen LogP contribution in [0.25, 0.3) is 0 Å². The molecular formula is C17H45N. The first-order chi connectivity index (χ1) is 8.83. The summed E-state index contributed by atoms with van der Waals surface area (Å²) in [7, 11) is 0. The van der Waals surface area contributed by atoms with E-state index in [-0.39, 0.29) is 0 Å². The van der Waals surface area contributed by atoms with E-state index >= 15 is 0 Å². The summed E-state index contributed by atoms with van der Waals surface area (Å²) in [5, 5.41) is 0. The van der Waals surface area contributed by atoms with Gasteiger partial charge in [-0.3, -0.25) is 4.99 Å². The van der Waals surface area contributed by atoms with Crippen LogP contribution in [0.1, 0.15) is 96.4 Å². The van der Waals surface area contributed by atoms with Crippen LogP contribution in [0.2, 0.25) is 0 Å². The van der Waals surface area contributed by atoms with E-state index in [1.54, 1.807) is 6.21 Å². The predicted octanol–water partition coefficient (Wildman–Crippen LogP) is 7.77. The Bertz CT molecular complexity index is 56.6. The van der Waals surface area contributed by atoms with Crippen molar-refractivity contribution in [3.05, 3.63) is 12.8 Å². The van der Waals surface area contributed by atoms with Gasteiger partial charge in [0.2, 0.25) is 0 Å². The highest BCUT2D eigenvalue weighted by Gasteiger charge is 1.40. The Kier molecular flexibility index (Phi) is 805. The molecule has 0 N–H and O–H groups in total. The second-order valence-electron chi connectivity index (χ2n) is 1.30. The Hall–Kier alpha value is -0.590. The molecular weight excluding hydrogens is 218 g/mol. The van der Waals surface area contributed by atoms with E-state index in [9.17, 15) is 0 Å². The molecule has 0 atom stereocenters. The average Bonchev–Trinajstić information content (AvgIpc) is 2.51. The number of rotatable bonds is 1. The van der Waals surface area contributed by atoms with E-state index in [1.165, 1.54) is 12.6 Å². The van der Waals surface area contributed by atoms with Crippen LogP contribution >= 0.6 is 0 Å². The molecule has 0 amide bonds. The van der Waals surface area contributed by atoms with Crippen molar-refractivity contribution in [1.29, 1.82) is 0 Å². The minimum absolute atomic E-state index is 1.25. The summed E-state index contributed by atoms with van der Waals surface area (Å²) in [4.78, 5) is 3.61. The molecule has 1 nitrogen and oxygen atoms in total. The molecule has 0 aromatic carbocycles. The molecule has 1 heteroatoms. The lowest BCUT2D eigenvalue weighted by Crippen LogP contribution is -1.46. The molecule has 0 aliphatic carbocycles. The van der Waals surface area contributed by atoms with Gasteiger partial charge < -0.3 is 0 Å². The molecule has 0 heterocycles. The second-order valence-corrected chi connectivity index (χ2v) is 1.30. The molecule has 118 valence electrons. The van der Waals surface area contributed by atoms with Gasteiger partial charge in [0.15, 0.2) is 0 Å². The van der Waals surface area contributed by atoms with Crippen molar-refractivity contribution >= 4 is 6.21 Å². The zero-order valence-electron chi connectivity index (χ0n) is 16.0. The van der Waals surface area contributed by atoms with Crippen LogP contribution in [0.15, 0.2) is 17.8 Å². The minimum Gasteiger partial charge on any atom is -0.270 e. The van der Waals surface area contributed by atoms with Gasteiger partial charge >= 0.3 is 0 Å². The molecule has 0 spiro atoms. The molecule has 0 saturated carbocycles. The van der Waals surface area contributed by atoms with Gasteiger partial charge in [0, 0.05) is 12.4 Å². The first kappa shape index (κ1) is 43.3.